The van der Waals surface area contributed by atoms with Crippen molar-refractivity contribution >= 4 is 11.5 Å². The van der Waals surface area contributed by atoms with E-state index in [1.807, 2.05) is 31.3 Å². The second-order valence-corrected chi connectivity index (χ2v) is 3.20. The maximum absolute atomic E-state index is 4.29. The summed E-state index contributed by atoms with van der Waals surface area (Å²) in [5.74, 6) is 0.996. The highest BCUT2D eigenvalue weighted by atomic mass is 15.2. The van der Waals surface area contributed by atoms with Gasteiger partial charge in [-0.2, -0.15) is 0 Å². The molecule has 0 saturated carbocycles. The fraction of sp³-hybridized carbons (Fsp3) is 0.500. The Morgan fingerprint density at radius 2 is 2.23 bits per heavy atom. The predicted octanol–water partition coefficient (Wildman–Crippen LogP) is 1.97. The van der Waals surface area contributed by atoms with Crippen LogP contribution in [0.15, 0.2) is 18.3 Å². The van der Waals surface area contributed by atoms with E-state index in [9.17, 15) is 0 Å². The molecule has 0 unspecified atom stereocenters. The van der Waals surface area contributed by atoms with Gasteiger partial charge in [-0.1, -0.05) is 6.92 Å². The van der Waals surface area contributed by atoms with Crippen LogP contribution in [-0.2, 0) is 0 Å². The summed E-state index contributed by atoms with van der Waals surface area (Å²) in [5, 5.41) is 3.34. The maximum atomic E-state index is 4.29. The molecule has 1 rings (SSSR count). The second kappa shape index (κ2) is 4.70. The van der Waals surface area contributed by atoms with Gasteiger partial charge in [-0.25, -0.2) is 4.98 Å². The largest absolute Gasteiger partial charge is 0.382 e. The molecule has 0 aliphatic rings. The van der Waals surface area contributed by atoms with Crippen LogP contribution >= 0.6 is 0 Å². The van der Waals surface area contributed by atoms with Crippen molar-refractivity contribution in [2.75, 3.05) is 30.9 Å². The minimum absolute atomic E-state index is 0.993. The summed E-state index contributed by atoms with van der Waals surface area (Å²) in [6.07, 6.45) is 2.94. The lowest BCUT2D eigenvalue weighted by Crippen LogP contribution is -2.14. The molecule has 0 saturated heterocycles. The molecule has 0 atom stereocenters. The lowest BCUT2D eigenvalue weighted by molar-refractivity contribution is 0.970. The van der Waals surface area contributed by atoms with Crippen LogP contribution in [0.25, 0.3) is 0 Å². The number of pyridine rings is 1. The number of nitrogens with one attached hydrogen (secondary N) is 1. The predicted molar refractivity (Wildman–Crippen MR) is 57.3 cm³/mol. The highest BCUT2D eigenvalue weighted by molar-refractivity contribution is 5.64. The van der Waals surface area contributed by atoms with E-state index >= 15 is 0 Å². The van der Waals surface area contributed by atoms with Crippen molar-refractivity contribution in [2.45, 2.75) is 13.3 Å². The minimum Gasteiger partial charge on any atom is -0.382 e. The number of anilines is 2. The Morgan fingerprint density at radius 1 is 1.46 bits per heavy atom. The summed E-state index contributed by atoms with van der Waals surface area (Å²) in [4.78, 5) is 6.31. The van der Waals surface area contributed by atoms with Crippen molar-refractivity contribution in [3.8, 4) is 0 Å². The SMILES string of the molecule is CCCNc1cccnc1N(C)C. The molecule has 3 heteroatoms. The molecule has 0 bridgehead atoms. The van der Waals surface area contributed by atoms with Crippen LogP contribution in [0.1, 0.15) is 13.3 Å². The molecule has 1 heterocycles. The summed E-state index contributed by atoms with van der Waals surface area (Å²) in [5.41, 5.74) is 1.11. The molecule has 0 radical (unpaired) electrons. The molecule has 1 aromatic heterocycles. The quantitative estimate of drug-likeness (QED) is 0.766. The van der Waals surface area contributed by atoms with Gasteiger partial charge in [0.2, 0.25) is 0 Å². The van der Waals surface area contributed by atoms with Gasteiger partial charge in [0, 0.05) is 26.8 Å². The Morgan fingerprint density at radius 3 is 2.85 bits per heavy atom. The van der Waals surface area contributed by atoms with Crippen LogP contribution in [0.2, 0.25) is 0 Å². The number of hydrogen-bond donors (Lipinski definition) is 1. The fourth-order valence-electron chi connectivity index (χ4n) is 1.15. The number of rotatable bonds is 4. The first-order valence-corrected chi connectivity index (χ1v) is 4.62. The fourth-order valence-corrected chi connectivity index (χ4v) is 1.15. The molecule has 0 aliphatic carbocycles. The van der Waals surface area contributed by atoms with Crippen molar-refractivity contribution < 1.29 is 0 Å². The highest BCUT2D eigenvalue weighted by Crippen LogP contribution is 2.19. The summed E-state index contributed by atoms with van der Waals surface area (Å²) >= 11 is 0. The second-order valence-electron chi connectivity index (χ2n) is 3.20. The first-order valence-electron chi connectivity index (χ1n) is 4.62. The summed E-state index contributed by atoms with van der Waals surface area (Å²) in [7, 11) is 4.00. The molecule has 1 aromatic rings. The normalized spacial score (nSPS) is 9.77. The van der Waals surface area contributed by atoms with E-state index in [4.69, 9.17) is 0 Å². The third-order valence-corrected chi connectivity index (χ3v) is 1.78. The Balaban J connectivity index is 2.78. The molecule has 72 valence electrons. The Kier molecular flexibility index (Phi) is 3.55. The number of nitrogens with zero attached hydrogens (tertiary/aromatic N) is 2. The summed E-state index contributed by atoms with van der Waals surface area (Å²) in [6, 6.07) is 4.00. The molecule has 1 N–H and O–H groups in total. The summed E-state index contributed by atoms with van der Waals surface area (Å²) in [6.45, 7) is 3.14. The Bertz CT molecular complexity index is 258. The van der Waals surface area contributed by atoms with E-state index in [2.05, 4.69) is 23.3 Å². The smallest absolute Gasteiger partial charge is 0.151 e. The maximum Gasteiger partial charge on any atom is 0.151 e. The molecular weight excluding hydrogens is 162 g/mol. The van der Waals surface area contributed by atoms with Crippen LogP contribution in [0.5, 0.6) is 0 Å². The monoisotopic (exact) mass is 179 g/mol. The lowest BCUT2D eigenvalue weighted by atomic mass is 10.3. The van der Waals surface area contributed by atoms with Crippen molar-refractivity contribution in [3.63, 3.8) is 0 Å². The van der Waals surface area contributed by atoms with Crippen LogP contribution in [0, 0.1) is 0 Å². The first kappa shape index (κ1) is 9.84. The highest BCUT2D eigenvalue weighted by Gasteiger charge is 2.02. The zero-order valence-corrected chi connectivity index (χ0v) is 8.54. The van der Waals surface area contributed by atoms with Crippen LogP contribution in [-0.4, -0.2) is 25.6 Å². The molecule has 0 aromatic carbocycles. The third-order valence-electron chi connectivity index (χ3n) is 1.78. The third kappa shape index (κ3) is 2.61. The average Bonchev–Trinajstić information content (AvgIpc) is 2.15. The van der Waals surface area contributed by atoms with Gasteiger partial charge in [-0.05, 0) is 18.6 Å². The van der Waals surface area contributed by atoms with E-state index in [-0.39, 0.29) is 0 Å². The average molecular weight is 179 g/mol. The molecule has 13 heavy (non-hydrogen) atoms. The molecule has 0 aliphatic heterocycles. The molecule has 0 fully saturated rings. The van der Waals surface area contributed by atoms with Gasteiger partial charge in [-0.15, -0.1) is 0 Å². The molecular formula is C10H17N3. The van der Waals surface area contributed by atoms with Gasteiger partial charge in [0.05, 0.1) is 5.69 Å². The van der Waals surface area contributed by atoms with Gasteiger partial charge in [0.15, 0.2) is 5.82 Å². The minimum atomic E-state index is 0.993. The van der Waals surface area contributed by atoms with E-state index in [1.54, 1.807) is 0 Å². The first-order chi connectivity index (χ1) is 6.25. The van der Waals surface area contributed by atoms with E-state index in [0.29, 0.717) is 0 Å². The Hall–Kier alpha value is -1.25. The molecule has 0 spiro atoms. The zero-order valence-electron chi connectivity index (χ0n) is 8.54. The topological polar surface area (TPSA) is 28.2 Å². The standard InChI is InChI=1S/C10H17N3/c1-4-7-11-9-6-5-8-12-10(9)13(2)3/h5-6,8,11H,4,7H2,1-3H3. The van der Waals surface area contributed by atoms with E-state index in [0.717, 1.165) is 24.5 Å². The van der Waals surface area contributed by atoms with E-state index in [1.165, 1.54) is 0 Å². The van der Waals surface area contributed by atoms with Crippen molar-refractivity contribution in [1.29, 1.82) is 0 Å². The van der Waals surface area contributed by atoms with Gasteiger partial charge >= 0.3 is 0 Å². The number of hydrogen-bond acceptors (Lipinski definition) is 3. The zero-order chi connectivity index (χ0) is 9.68. The van der Waals surface area contributed by atoms with Crippen molar-refractivity contribution in [3.05, 3.63) is 18.3 Å². The lowest BCUT2D eigenvalue weighted by Gasteiger charge is -2.16. The Labute approximate surface area is 79.8 Å². The van der Waals surface area contributed by atoms with Crippen molar-refractivity contribution in [1.82, 2.24) is 4.98 Å². The molecule has 0 amide bonds. The van der Waals surface area contributed by atoms with Crippen molar-refractivity contribution in [2.24, 2.45) is 0 Å². The van der Waals surface area contributed by atoms with Crippen LogP contribution in [0.4, 0.5) is 11.5 Å². The van der Waals surface area contributed by atoms with Gasteiger partial charge in [0.1, 0.15) is 0 Å². The van der Waals surface area contributed by atoms with Gasteiger partial charge in [-0.3, -0.25) is 0 Å². The van der Waals surface area contributed by atoms with Gasteiger partial charge < -0.3 is 10.2 Å². The van der Waals surface area contributed by atoms with E-state index < -0.39 is 0 Å². The molecule has 3 nitrogen and oxygen atoms in total. The van der Waals surface area contributed by atoms with Crippen LogP contribution in [0.3, 0.4) is 0 Å². The van der Waals surface area contributed by atoms with Gasteiger partial charge in [0.25, 0.3) is 0 Å². The van der Waals surface area contributed by atoms with Crippen LogP contribution < -0.4 is 10.2 Å². The summed E-state index contributed by atoms with van der Waals surface area (Å²) < 4.78 is 0. The number of aromatic nitrogens is 1.